The molecule has 4 nitrogen and oxygen atoms in total. The molecule has 1 fully saturated rings. The minimum Gasteiger partial charge on any atom is -0.392 e. The Morgan fingerprint density at radius 2 is 2.00 bits per heavy atom. The number of nitrogens with one attached hydrogen (secondary N) is 2. The molecule has 0 bridgehead atoms. The largest absolute Gasteiger partial charge is 0.392 e. The predicted octanol–water partition coefficient (Wildman–Crippen LogP) is 0.805. The van der Waals surface area contributed by atoms with Gasteiger partial charge in [0.2, 0.25) is 5.91 Å². The molecule has 1 aromatic carbocycles. The van der Waals surface area contributed by atoms with E-state index in [4.69, 9.17) is 0 Å². The Hall–Kier alpha value is -1.39. The quantitative estimate of drug-likeness (QED) is 0.752. The summed E-state index contributed by atoms with van der Waals surface area (Å²) in [6.45, 7) is 3.67. The summed E-state index contributed by atoms with van der Waals surface area (Å²) in [6.07, 6.45) is 1.07. The molecule has 1 aliphatic heterocycles. The monoisotopic (exact) mass is 262 g/mol. The highest BCUT2D eigenvalue weighted by Crippen LogP contribution is 2.33. The summed E-state index contributed by atoms with van der Waals surface area (Å²) >= 11 is 0. The first-order valence-corrected chi connectivity index (χ1v) is 6.88. The van der Waals surface area contributed by atoms with Crippen LogP contribution in [0.15, 0.2) is 30.3 Å². The van der Waals surface area contributed by atoms with Crippen molar-refractivity contribution in [1.82, 2.24) is 10.6 Å². The SMILES string of the molecule is C[C@H](O)CNC(=O)C1(c2ccccc2)CCNCC1. The first-order valence-electron chi connectivity index (χ1n) is 6.88. The molecule has 1 aliphatic rings. The van der Waals surface area contributed by atoms with E-state index in [2.05, 4.69) is 10.6 Å². The average molecular weight is 262 g/mol. The molecule has 0 unspecified atom stereocenters. The lowest BCUT2D eigenvalue weighted by molar-refractivity contribution is -0.128. The number of amides is 1. The third-order valence-corrected chi connectivity index (χ3v) is 3.78. The van der Waals surface area contributed by atoms with Gasteiger partial charge in [0.15, 0.2) is 0 Å². The Morgan fingerprint density at radius 3 is 2.58 bits per heavy atom. The van der Waals surface area contributed by atoms with Crippen LogP contribution in [0.2, 0.25) is 0 Å². The summed E-state index contributed by atoms with van der Waals surface area (Å²) < 4.78 is 0. The van der Waals surface area contributed by atoms with Crippen molar-refractivity contribution in [2.45, 2.75) is 31.3 Å². The third-order valence-electron chi connectivity index (χ3n) is 3.78. The van der Waals surface area contributed by atoms with Crippen LogP contribution in [0.3, 0.4) is 0 Å². The number of rotatable bonds is 4. The summed E-state index contributed by atoms with van der Waals surface area (Å²) in [4.78, 5) is 12.6. The molecule has 3 N–H and O–H groups in total. The first-order chi connectivity index (χ1) is 9.15. The number of piperidine rings is 1. The molecule has 1 atom stereocenters. The Morgan fingerprint density at radius 1 is 1.37 bits per heavy atom. The van der Waals surface area contributed by atoms with Crippen molar-refractivity contribution >= 4 is 5.91 Å². The first kappa shape index (κ1) is 14.0. The van der Waals surface area contributed by atoms with Crippen molar-refractivity contribution in [3.8, 4) is 0 Å². The molecule has 0 aromatic heterocycles. The number of aliphatic hydroxyl groups excluding tert-OH is 1. The maximum absolute atomic E-state index is 12.6. The zero-order chi connectivity index (χ0) is 13.7. The van der Waals surface area contributed by atoms with Gasteiger partial charge in [0.25, 0.3) is 0 Å². The van der Waals surface area contributed by atoms with Gasteiger partial charge in [-0.15, -0.1) is 0 Å². The Bertz CT molecular complexity index is 411. The van der Waals surface area contributed by atoms with Crippen molar-refractivity contribution in [2.24, 2.45) is 0 Å². The minimum absolute atomic E-state index is 0.0288. The number of benzene rings is 1. The van der Waals surface area contributed by atoms with E-state index in [1.54, 1.807) is 6.92 Å². The molecular formula is C15H22N2O2. The lowest BCUT2D eigenvalue weighted by Gasteiger charge is -2.36. The third kappa shape index (κ3) is 3.14. The molecule has 1 saturated heterocycles. The van der Waals surface area contributed by atoms with Crippen LogP contribution in [0, 0.1) is 0 Å². The van der Waals surface area contributed by atoms with Gasteiger partial charge in [0, 0.05) is 6.54 Å². The maximum atomic E-state index is 12.6. The van der Waals surface area contributed by atoms with Gasteiger partial charge < -0.3 is 15.7 Å². The predicted molar refractivity (Wildman–Crippen MR) is 74.9 cm³/mol. The number of hydrogen-bond donors (Lipinski definition) is 3. The summed E-state index contributed by atoms with van der Waals surface area (Å²) in [7, 11) is 0. The molecule has 0 saturated carbocycles. The van der Waals surface area contributed by atoms with Crippen molar-refractivity contribution in [3.05, 3.63) is 35.9 Å². The van der Waals surface area contributed by atoms with Gasteiger partial charge in [0.1, 0.15) is 0 Å². The van der Waals surface area contributed by atoms with E-state index in [0.29, 0.717) is 6.54 Å². The van der Waals surface area contributed by atoms with Crippen LogP contribution in [-0.4, -0.2) is 36.8 Å². The Balaban J connectivity index is 2.22. The van der Waals surface area contributed by atoms with Crippen molar-refractivity contribution < 1.29 is 9.90 Å². The normalized spacial score (nSPS) is 19.7. The van der Waals surface area contributed by atoms with Gasteiger partial charge in [-0.05, 0) is 38.4 Å². The van der Waals surface area contributed by atoms with E-state index in [1.165, 1.54) is 0 Å². The Labute approximate surface area is 114 Å². The highest BCUT2D eigenvalue weighted by atomic mass is 16.3. The molecule has 1 heterocycles. The fraction of sp³-hybridized carbons (Fsp3) is 0.533. The van der Waals surface area contributed by atoms with E-state index < -0.39 is 11.5 Å². The molecule has 4 heteroatoms. The van der Waals surface area contributed by atoms with Crippen LogP contribution in [0.1, 0.15) is 25.3 Å². The highest BCUT2D eigenvalue weighted by molar-refractivity contribution is 5.88. The lowest BCUT2D eigenvalue weighted by Crippen LogP contribution is -2.51. The standard InChI is InChI=1S/C15H22N2O2/c1-12(18)11-17-14(19)15(7-9-16-10-8-15)13-5-3-2-4-6-13/h2-6,12,16,18H,7-11H2,1H3,(H,17,19)/t12-/m0/s1. The van der Waals surface area contributed by atoms with E-state index in [9.17, 15) is 9.90 Å². The molecule has 1 aromatic rings. The van der Waals surface area contributed by atoms with E-state index >= 15 is 0 Å². The summed E-state index contributed by atoms with van der Waals surface area (Å²) in [5, 5.41) is 15.5. The van der Waals surface area contributed by atoms with Crippen LogP contribution in [-0.2, 0) is 10.2 Å². The van der Waals surface area contributed by atoms with E-state index in [1.807, 2.05) is 30.3 Å². The van der Waals surface area contributed by atoms with Gasteiger partial charge in [-0.3, -0.25) is 4.79 Å². The van der Waals surface area contributed by atoms with Crippen LogP contribution in [0.4, 0.5) is 0 Å². The average Bonchev–Trinajstić information content (AvgIpc) is 2.46. The maximum Gasteiger partial charge on any atom is 0.230 e. The van der Waals surface area contributed by atoms with Gasteiger partial charge in [0.05, 0.1) is 11.5 Å². The second-order valence-electron chi connectivity index (χ2n) is 5.26. The molecule has 19 heavy (non-hydrogen) atoms. The zero-order valence-electron chi connectivity index (χ0n) is 11.4. The molecule has 104 valence electrons. The molecule has 0 aliphatic carbocycles. The zero-order valence-corrected chi connectivity index (χ0v) is 11.4. The molecular weight excluding hydrogens is 240 g/mol. The van der Waals surface area contributed by atoms with Crippen molar-refractivity contribution in [2.75, 3.05) is 19.6 Å². The Kier molecular flexibility index (Phi) is 4.56. The molecule has 2 rings (SSSR count). The molecule has 0 radical (unpaired) electrons. The van der Waals surface area contributed by atoms with Crippen LogP contribution in [0.5, 0.6) is 0 Å². The summed E-state index contributed by atoms with van der Waals surface area (Å²) in [5.41, 5.74) is 0.612. The summed E-state index contributed by atoms with van der Waals surface area (Å²) in [6, 6.07) is 9.95. The van der Waals surface area contributed by atoms with Gasteiger partial charge in [-0.1, -0.05) is 30.3 Å². The number of carbonyl (C=O) groups excluding carboxylic acids is 1. The minimum atomic E-state index is -0.515. The summed E-state index contributed by atoms with van der Waals surface area (Å²) in [5.74, 6) is 0.0288. The van der Waals surface area contributed by atoms with Gasteiger partial charge in [-0.25, -0.2) is 0 Å². The van der Waals surface area contributed by atoms with Crippen LogP contribution < -0.4 is 10.6 Å². The number of hydrogen-bond acceptors (Lipinski definition) is 3. The van der Waals surface area contributed by atoms with Crippen molar-refractivity contribution in [3.63, 3.8) is 0 Å². The van der Waals surface area contributed by atoms with Gasteiger partial charge >= 0.3 is 0 Å². The lowest BCUT2D eigenvalue weighted by atomic mass is 9.72. The topological polar surface area (TPSA) is 61.4 Å². The highest BCUT2D eigenvalue weighted by Gasteiger charge is 2.40. The van der Waals surface area contributed by atoms with Crippen molar-refractivity contribution in [1.29, 1.82) is 0 Å². The molecule has 0 spiro atoms. The van der Waals surface area contributed by atoms with Crippen LogP contribution in [0.25, 0.3) is 0 Å². The number of aliphatic hydroxyl groups is 1. The smallest absolute Gasteiger partial charge is 0.230 e. The fourth-order valence-corrected chi connectivity index (χ4v) is 2.67. The second-order valence-corrected chi connectivity index (χ2v) is 5.26. The van der Waals surface area contributed by atoms with E-state index in [0.717, 1.165) is 31.5 Å². The van der Waals surface area contributed by atoms with Crippen LogP contribution >= 0.6 is 0 Å². The second kappa shape index (κ2) is 6.17. The van der Waals surface area contributed by atoms with E-state index in [-0.39, 0.29) is 5.91 Å². The van der Waals surface area contributed by atoms with Gasteiger partial charge in [-0.2, -0.15) is 0 Å². The fourth-order valence-electron chi connectivity index (χ4n) is 2.67. The molecule has 1 amide bonds. The number of carbonyl (C=O) groups is 1.